The van der Waals surface area contributed by atoms with Gasteiger partial charge in [-0.15, -0.1) is 0 Å². The number of halogens is 2. The van der Waals surface area contributed by atoms with Gasteiger partial charge in [0.2, 0.25) is 0 Å². The van der Waals surface area contributed by atoms with Crippen LogP contribution in [0.5, 0.6) is 0 Å². The first kappa shape index (κ1) is 15.8. The van der Waals surface area contributed by atoms with Gasteiger partial charge in [0, 0.05) is 16.5 Å². The summed E-state index contributed by atoms with van der Waals surface area (Å²) in [4.78, 5) is 15.1. The molecule has 1 heterocycles. The summed E-state index contributed by atoms with van der Waals surface area (Å²) in [6, 6.07) is 5.34. The van der Waals surface area contributed by atoms with Gasteiger partial charge in [0.1, 0.15) is 0 Å². The summed E-state index contributed by atoms with van der Waals surface area (Å²) in [6.07, 6.45) is 3.57. The molecule has 1 aromatic rings. The molecule has 1 atom stereocenters. The predicted octanol–water partition coefficient (Wildman–Crippen LogP) is 4.37. The number of Topliss-reactive ketones (excluding diaryl/α,β-unsaturated/α-hetero) is 1. The van der Waals surface area contributed by atoms with Crippen LogP contribution in [0.3, 0.4) is 0 Å². The van der Waals surface area contributed by atoms with Gasteiger partial charge < -0.3 is 0 Å². The number of carbonyl (C=O) groups excluding carboxylic acids is 1. The molecule has 1 aliphatic rings. The van der Waals surface area contributed by atoms with E-state index in [0.717, 1.165) is 25.1 Å². The van der Waals surface area contributed by atoms with Crippen molar-refractivity contribution in [2.24, 2.45) is 0 Å². The van der Waals surface area contributed by atoms with Crippen molar-refractivity contribution in [3.63, 3.8) is 0 Å². The lowest BCUT2D eigenvalue weighted by Crippen LogP contribution is -2.51. The van der Waals surface area contributed by atoms with Gasteiger partial charge in [-0.1, -0.05) is 36.2 Å². The molecule has 0 amide bonds. The Morgan fingerprint density at radius 1 is 1.30 bits per heavy atom. The van der Waals surface area contributed by atoms with Crippen LogP contribution in [0.25, 0.3) is 0 Å². The lowest BCUT2D eigenvalue weighted by molar-refractivity contribution is -0.129. The molecule has 0 N–H and O–H groups in total. The van der Waals surface area contributed by atoms with Crippen molar-refractivity contribution >= 4 is 29.0 Å². The average Bonchev–Trinajstić information content (AvgIpc) is 2.95. The van der Waals surface area contributed by atoms with Crippen LogP contribution in [0.4, 0.5) is 0 Å². The fraction of sp³-hybridized carbons (Fsp3) is 0.562. The lowest BCUT2D eigenvalue weighted by Gasteiger charge is -2.36. The second-order valence-corrected chi connectivity index (χ2v) is 6.50. The fourth-order valence-electron chi connectivity index (χ4n) is 2.84. The maximum absolute atomic E-state index is 12.8. The van der Waals surface area contributed by atoms with Gasteiger partial charge in [0.05, 0.1) is 5.54 Å². The van der Waals surface area contributed by atoms with E-state index in [1.807, 2.05) is 6.07 Å². The van der Waals surface area contributed by atoms with Crippen LogP contribution in [0.15, 0.2) is 18.2 Å². The maximum atomic E-state index is 12.8. The highest BCUT2D eigenvalue weighted by Crippen LogP contribution is 2.29. The Hall–Kier alpha value is -0.570. The minimum atomic E-state index is -0.376. The van der Waals surface area contributed by atoms with E-state index < -0.39 is 0 Å². The molecule has 0 spiro atoms. The summed E-state index contributed by atoms with van der Waals surface area (Å²) < 4.78 is 0. The smallest absolute Gasteiger partial charge is 0.157 e. The number of carbonyl (C=O) groups is 1. The largest absolute Gasteiger partial charge is 0.297 e. The molecule has 0 radical (unpaired) electrons. The van der Waals surface area contributed by atoms with Crippen molar-refractivity contribution in [3.8, 4) is 0 Å². The van der Waals surface area contributed by atoms with Crippen LogP contribution in [0.2, 0.25) is 10.0 Å². The minimum absolute atomic E-state index is 0.242. The van der Waals surface area contributed by atoms with Gasteiger partial charge in [-0.3, -0.25) is 9.69 Å². The third-order valence-corrected chi connectivity index (χ3v) is 5.05. The second-order valence-electron chi connectivity index (χ2n) is 5.66. The van der Waals surface area contributed by atoms with E-state index in [9.17, 15) is 4.79 Å². The van der Waals surface area contributed by atoms with E-state index in [2.05, 4.69) is 18.7 Å². The van der Waals surface area contributed by atoms with E-state index in [-0.39, 0.29) is 11.3 Å². The van der Waals surface area contributed by atoms with Crippen molar-refractivity contribution in [1.29, 1.82) is 0 Å². The summed E-state index contributed by atoms with van der Waals surface area (Å²) in [6.45, 7) is 6.18. The van der Waals surface area contributed by atoms with Crippen LogP contribution in [-0.2, 0) is 11.2 Å². The SMILES string of the molecule is CCC(C)(C(=O)Cc1ccc(Cl)cc1Cl)N1CCCC1. The Bertz CT molecular complexity index is 497. The van der Waals surface area contributed by atoms with Crippen LogP contribution in [-0.4, -0.2) is 29.3 Å². The molecular formula is C16H21Cl2NO. The number of hydrogen-bond donors (Lipinski definition) is 0. The van der Waals surface area contributed by atoms with Gasteiger partial charge >= 0.3 is 0 Å². The molecule has 1 saturated heterocycles. The van der Waals surface area contributed by atoms with Crippen molar-refractivity contribution < 1.29 is 4.79 Å². The maximum Gasteiger partial charge on any atom is 0.157 e. The summed E-state index contributed by atoms with van der Waals surface area (Å²) in [7, 11) is 0. The molecule has 0 aromatic heterocycles. The van der Waals surface area contributed by atoms with E-state index in [0.29, 0.717) is 16.5 Å². The highest BCUT2D eigenvalue weighted by Gasteiger charge is 2.38. The number of benzene rings is 1. The van der Waals surface area contributed by atoms with E-state index in [1.54, 1.807) is 12.1 Å². The fourth-order valence-corrected chi connectivity index (χ4v) is 3.31. The van der Waals surface area contributed by atoms with Crippen molar-refractivity contribution in [1.82, 2.24) is 4.90 Å². The molecular weight excluding hydrogens is 293 g/mol. The van der Waals surface area contributed by atoms with Crippen LogP contribution in [0.1, 0.15) is 38.7 Å². The Morgan fingerprint density at radius 3 is 2.50 bits per heavy atom. The number of hydrogen-bond acceptors (Lipinski definition) is 2. The lowest BCUT2D eigenvalue weighted by atomic mass is 9.87. The van der Waals surface area contributed by atoms with Gasteiger partial charge in [-0.2, -0.15) is 0 Å². The Labute approximate surface area is 131 Å². The van der Waals surface area contributed by atoms with Crippen LogP contribution < -0.4 is 0 Å². The molecule has 1 aromatic carbocycles. The zero-order valence-corrected chi connectivity index (χ0v) is 13.6. The van der Waals surface area contributed by atoms with Gasteiger partial charge in [-0.25, -0.2) is 0 Å². The molecule has 0 aliphatic carbocycles. The Morgan fingerprint density at radius 2 is 1.95 bits per heavy atom. The minimum Gasteiger partial charge on any atom is -0.297 e. The molecule has 1 aliphatic heterocycles. The third kappa shape index (κ3) is 3.19. The van der Waals surface area contributed by atoms with Crippen LogP contribution >= 0.6 is 23.2 Å². The summed E-state index contributed by atoms with van der Waals surface area (Å²) >= 11 is 12.1. The molecule has 0 saturated carbocycles. The number of rotatable bonds is 5. The van der Waals surface area contributed by atoms with Crippen molar-refractivity contribution in [3.05, 3.63) is 33.8 Å². The van der Waals surface area contributed by atoms with Gasteiger partial charge in [0.25, 0.3) is 0 Å². The number of likely N-dealkylation sites (tertiary alicyclic amines) is 1. The average molecular weight is 314 g/mol. The van der Waals surface area contributed by atoms with E-state index >= 15 is 0 Å². The van der Waals surface area contributed by atoms with Crippen molar-refractivity contribution in [2.45, 2.75) is 45.1 Å². The molecule has 2 rings (SSSR count). The third-order valence-electron chi connectivity index (χ3n) is 4.46. The zero-order valence-electron chi connectivity index (χ0n) is 12.1. The number of nitrogens with zero attached hydrogens (tertiary/aromatic N) is 1. The Balaban J connectivity index is 2.16. The van der Waals surface area contributed by atoms with E-state index in [1.165, 1.54) is 12.8 Å². The highest BCUT2D eigenvalue weighted by molar-refractivity contribution is 6.35. The molecule has 1 unspecified atom stereocenters. The molecule has 4 heteroatoms. The van der Waals surface area contributed by atoms with Gasteiger partial charge in [0.15, 0.2) is 5.78 Å². The summed E-state index contributed by atoms with van der Waals surface area (Å²) in [5.74, 6) is 0.242. The zero-order chi connectivity index (χ0) is 14.8. The predicted molar refractivity (Wildman–Crippen MR) is 84.7 cm³/mol. The number of ketones is 1. The van der Waals surface area contributed by atoms with Crippen molar-refractivity contribution in [2.75, 3.05) is 13.1 Å². The van der Waals surface area contributed by atoms with E-state index in [4.69, 9.17) is 23.2 Å². The van der Waals surface area contributed by atoms with Gasteiger partial charge in [-0.05, 0) is 57.0 Å². The molecule has 20 heavy (non-hydrogen) atoms. The first-order valence-corrected chi connectivity index (χ1v) is 7.95. The Kier molecular flexibility index (Phi) is 5.11. The molecule has 0 bridgehead atoms. The first-order valence-electron chi connectivity index (χ1n) is 7.19. The monoisotopic (exact) mass is 313 g/mol. The summed E-state index contributed by atoms with van der Waals surface area (Å²) in [5, 5.41) is 1.18. The molecule has 110 valence electrons. The topological polar surface area (TPSA) is 20.3 Å². The first-order chi connectivity index (χ1) is 9.47. The highest BCUT2D eigenvalue weighted by atomic mass is 35.5. The standard InChI is InChI=1S/C16H21Cl2NO/c1-3-16(2,19-8-4-5-9-19)15(20)10-12-6-7-13(17)11-14(12)18/h6-7,11H,3-5,8-10H2,1-2H3. The quantitative estimate of drug-likeness (QED) is 0.804. The normalized spacial score (nSPS) is 19.0. The molecule has 2 nitrogen and oxygen atoms in total. The van der Waals surface area contributed by atoms with Crippen LogP contribution in [0, 0.1) is 0 Å². The molecule has 1 fully saturated rings. The summed E-state index contributed by atoms with van der Waals surface area (Å²) in [5.41, 5.74) is 0.486. The second kappa shape index (κ2) is 6.46.